The molecule has 3 aromatic rings. The minimum Gasteiger partial charge on any atom is -0.421 e. The Morgan fingerprint density at radius 2 is 1.93 bits per heavy atom. The molecule has 138 valence electrons. The third-order valence-corrected chi connectivity index (χ3v) is 4.14. The second-order valence-electron chi connectivity index (χ2n) is 5.32. The van der Waals surface area contributed by atoms with Crippen molar-refractivity contribution in [2.24, 2.45) is 0 Å². The number of hydrogen-bond acceptors (Lipinski definition) is 8. The second-order valence-corrected chi connectivity index (χ2v) is 6.10. The number of thiophene rings is 1. The number of hydrazine groups is 1. The largest absolute Gasteiger partial charge is 0.421 e. The van der Waals surface area contributed by atoms with E-state index in [-0.39, 0.29) is 24.1 Å². The molecule has 0 saturated heterocycles. The van der Waals surface area contributed by atoms with E-state index in [0.29, 0.717) is 11.8 Å². The zero-order valence-corrected chi connectivity index (χ0v) is 14.6. The van der Waals surface area contributed by atoms with Gasteiger partial charge in [0.05, 0.1) is 4.92 Å². The molecule has 0 fully saturated rings. The van der Waals surface area contributed by atoms with Gasteiger partial charge in [-0.25, -0.2) is 0 Å². The van der Waals surface area contributed by atoms with Crippen LogP contribution in [0.4, 0.5) is 5.69 Å². The first-order valence-corrected chi connectivity index (χ1v) is 8.66. The molecule has 0 saturated carbocycles. The Bertz CT molecular complexity index is 952. The van der Waals surface area contributed by atoms with Crippen LogP contribution in [-0.2, 0) is 11.2 Å². The van der Waals surface area contributed by atoms with E-state index < -0.39 is 16.7 Å². The van der Waals surface area contributed by atoms with Crippen LogP contribution in [0.25, 0.3) is 11.5 Å². The van der Waals surface area contributed by atoms with Crippen LogP contribution in [0.3, 0.4) is 0 Å². The molecular formula is C16H13N5O5S. The van der Waals surface area contributed by atoms with Crippen LogP contribution in [0.15, 0.2) is 45.5 Å². The van der Waals surface area contributed by atoms with Gasteiger partial charge in [0.1, 0.15) is 0 Å². The van der Waals surface area contributed by atoms with E-state index in [1.165, 1.54) is 35.6 Å². The zero-order valence-electron chi connectivity index (χ0n) is 13.7. The number of carbonyl (C=O) groups is 2. The first-order chi connectivity index (χ1) is 13.0. The minimum atomic E-state index is -0.587. The van der Waals surface area contributed by atoms with Gasteiger partial charge in [-0.2, -0.15) is 11.3 Å². The Morgan fingerprint density at radius 3 is 2.59 bits per heavy atom. The van der Waals surface area contributed by atoms with Crippen LogP contribution in [0.2, 0.25) is 0 Å². The van der Waals surface area contributed by atoms with Gasteiger partial charge in [-0.3, -0.25) is 30.6 Å². The number of non-ortho nitro benzene ring substituents is 1. The van der Waals surface area contributed by atoms with Crippen molar-refractivity contribution >= 4 is 28.8 Å². The molecular weight excluding hydrogens is 374 g/mol. The fraction of sp³-hybridized carbons (Fsp3) is 0.125. The Balaban J connectivity index is 1.45. The zero-order chi connectivity index (χ0) is 19.2. The Morgan fingerprint density at radius 1 is 1.15 bits per heavy atom. The van der Waals surface area contributed by atoms with Gasteiger partial charge in [-0.1, -0.05) is 0 Å². The van der Waals surface area contributed by atoms with Crippen LogP contribution < -0.4 is 10.9 Å². The van der Waals surface area contributed by atoms with Gasteiger partial charge in [-0.15, -0.1) is 10.2 Å². The number of rotatable bonds is 6. The highest BCUT2D eigenvalue weighted by Crippen LogP contribution is 2.20. The summed E-state index contributed by atoms with van der Waals surface area (Å²) in [4.78, 5) is 33.8. The van der Waals surface area contributed by atoms with Crippen molar-refractivity contribution in [1.82, 2.24) is 21.0 Å². The van der Waals surface area contributed by atoms with E-state index in [9.17, 15) is 19.7 Å². The molecule has 0 atom stereocenters. The van der Waals surface area contributed by atoms with Gasteiger partial charge >= 0.3 is 0 Å². The number of amides is 2. The molecule has 0 radical (unpaired) electrons. The Hall–Kier alpha value is -3.60. The van der Waals surface area contributed by atoms with Crippen molar-refractivity contribution in [3.8, 4) is 11.5 Å². The summed E-state index contributed by atoms with van der Waals surface area (Å²) in [6, 6.07) is 6.85. The highest BCUT2D eigenvalue weighted by Gasteiger charge is 2.13. The Labute approximate surface area is 156 Å². The lowest BCUT2D eigenvalue weighted by Crippen LogP contribution is -2.41. The number of nitro groups is 1. The number of nitro benzene ring substituents is 1. The summed E-state index contributed by atoms with van der Waals surface area (Å²) >= 11 is 1.51. The topological polar surface area (TPSA) is 140 Å². The van der Waals surface area contributed by atoms with E-state index in [4.69, 9.17) is 4.42 Å². The first kappa shape index (κ1) is 18.2. The third kappa shape index (κ3) is 4.73. The van der Waals surface area contributed by atoms with Crippen LogP contribution in [0, 0.1) is 10.1 Å². The fourth-order valence-corrected chi connectivity index (χ4v) is 2.70. The van der Waals surface area contributed by atoms with E-state index in [0.717, 1.165) is 5.56 Å². The van der Waals surface area contributed by atoms with Crippen LogP contribution in [0.1, 0.15) is 22.7 Å². The number of hydrogen-bond donors (Lipinski definition) is 2. The maximum atomic E-state index is 11.9. The van der Waals surface area contributed by atoms with Crippen molar-refractivity contribution in [2.45, 2.75) is 12.8 Å². The van der Waals surface area contributed by atoms with Crippen molar-refractivity contribution in [3.63, 3.8) is 0 Å². The van der Waals surface area contributed by atoms with Crippen LogP contribution in [0.5, 0.6) is 0 Å². The van der Waals surface area contributed by atoms with Gasteiger partial charge in [0.2, 0.25) is 17.7 Å². The molecule has 0 unspecified atom stereocenters. The van der Waals surface area contributed by atoms with Gasteiger partial charge < -0.3 is 4.42 Å². The SMILES string of the molecule is O=C(CCc1nnc(-c2ccsc2)o1)NNC(=O)c1ccc([N+](=O)[O-])cc1. The van der Waals surface area contributed by atoms with Crippen molar-refractivity contribution in [1.29, 1.82) is 0 Å². The maximum absolute atomic E-state index is 11.9. The lowest BCUT2D eigenvalue weighted by Gasteiger charge is -2.06. The average Bonchev–Trinajstić information content (AvgIpc) is 3.35. The predicted octanol–water partition coefficient (Wildman–Crippen LogP) is 2.10. The monoisotopic (exact) mass is 387 g/mol. The number of benzene rings is 1. The predicted molar refractivity (Wildman–Crippen MR) is 94.6 cm³/mol. The summed E-state index contributed by atoms with van der Waals surface area (Å²) in [5.41, 5.74) is 5.37. The van der Waals surface area contributed by atoms with Gasteiger partial charge in [0, 0.05) is 41.5 Å². The molecule has 2 N–H and O–H groups in total. The molecule has 3 rings (SSSR count). The van der Waals surface area contributed by atoms with Crippen molar-refractivity contribution < 1.29 is 18.9 Å². The maximum Gasteiger partial charge on any atom is 0.269 e. The summed E-state index contributed by atoms with van der Waals surface area (Å²) in [7, 11) is 0. The fourth-order valence-electron chi connectivity index (χ4n) is 2.07. The number of aryl methyl sites for hydroxylation is 1. The highest BCUT2D eigenvalue weighted by molar-refractivity contribution is 7.08. The molecule has 2 aromatic heterocycles. The summed E-state index contributed by atoms with van der Waals surface area (Å²) in [6.07, 6.45) is 0.252. The Kier molecular flexibility index (Phi) is 5.52. The molecule has 10 nitrogen and oxygen atoms in total. The summed E-state index contributed by atoms with van der Waals surface area (Å²) in [5.74, 6) is -0.331. The van der Waals surface area contributed by atoms with E-state index in [2.05, 4.69) is 21.0 Å². The van der Waals surface area contributed by atoms with Crippen LogP contribution >= 0.6 is 11.3 Å². The molecule has 11 heteroatoms. The average molecular weight is 387 g/mol. The summed E-state index contributed by atoms with van der Waals surface area (Å²) in [6.45, 7) is 0. The van der Waals surface area contributed by atoms with Gasteiger partial charge in [0.15, 0.2) is 0 Å². The summed E-state index contributed by atoms with van der Waals surface area (Å²) < 4.78 is 5.47. The summed E-state index contributed by atoms with van der Waals surface area (Å²) in [5, 5.41) is 22.1. The van der Waals surface area contributed by atoms with Crippen LogP contribution in [-0.4, -0.2) is 26.9 Å². The molecule has 2 heterocycles. The van der Waals surface area contributed by atoms with Crippen molar-refractivity contribution in [3.05, 3.63) is 62.7 Å². The molecule has 0 bridgehead atoms. The second kappa shape index (κ2) is 8.19. The molecule has 0 spiro atoms. The molecule has 0 aliphatic carbocycles. The molecule has 1 aromatic carbocycles. The smallest absolute Gasteiger partial charge is 0.269 e. The number of nitrogens with one attached hydrogen (secondary N) is 2. The third-order valence-electron chi connectivity index (χ3n) is 3.46. The standard InChI is InChI=1S/C16H13N5O5S/c22-13(5-6-14-18-20-16(26-14)11-7-8-27-9-11)17-19-15(23)10-1-3-12(4-2-10)21(24)25/h1-4,7-9H,5-6H2,(H,17,22)(H,19,23). The lowest BCUT2D eigenvalue weighted by atomic mass is 10.2. The number of carbonyl (C=O) groups excluding carboxylic acids is 2. The number of nitrogens with zero attached hydrogens (tertiary/aromatic N) is 3. The van der Waals surface area contributed by atoms with E-state index in [1.54, 1.807) is 0 Å². The van der Waals surface area contributed by atoms with E-state index in [1.807, 2.05) is 16.8 Å². The van der Waals surface area contributed by atoms with E-state index >= 15 is 0 Å². The van der Waals surface area contributed by atoms with Gasteiger partial charge in [-0.05, 0) is 23.6 Å². The highest BCUT2D eigenvalue weighted by atomic mass is 32.1. The normalized spacial score (nSPS) is 10.4. The molecule has 0 aliphatic heterocycles. The quantitative estimate of drug-likeness (QED) is 0.487. The molecule has 2 amide bonds. The van der Waals surface area contributed by atoms with Gasteiger partial charge in [0.25, 0.3) is 11.6 Å². The molecule has 0 aliphatic rings. The number of aromatic nitrogens is 2. The van der Waals surface area contributed by atoms with Crippen molar-refractivity contribution in [2.75, 3.05) is 0 Å². The molecule has 27 heavy (non-hydrogen) atoms. The first-order valence-electron chi connectivity index (χ1n) is 7.71. The minimum absolute atomic E-state index is 0.0335. The lowest BCUT2D eigenvalue weighted by molar-refractivity contribution is -0.384.